The average Bonchev–Trinajstić information content (AvgIpc) is 3.98. The van der Waals surface area contributed by atoms with Crippen LogP contribution < -0.4 is 30.7 Å². The predicted octanol–water partition coefficient (Wildman–Crippen LogP) is 4.18. The molecule has 2 aromatic carbocycles. The summed E-state index contributed by atoms with van der Waals surface area (Å²) in [4.78, 5) is 69.8. The lowest BCUT2D eigenvalue weighted by Crippen LogP contribution is -2.70. The number of fused-ring (bicyclic) bond motifs is 3. The molecule has 4 amide bonds. The second-order valence-electron chi connectivity index (χ2n) is 21.6. The number of nitrogens with one attached hydrogen (secondary N) is 3. The van der Waals surface area contributed by atoms with Gasteiger partial charge >= 0.3 is 6.03 Å². The van der Waals surface area contributed by atoms with Gasteiger partial charge < -0.3 is 50.7 Å². The first-order valence-corrected chi connectivity index (χ1v) is 26.1. The topological polar surface area (TPSA) is 212 Å². The molecule has 5 fully saturated rings. The number of phenols is 1. The highest BCUT2D eigenvalue weighted by Gasteiger charge is 2.56. The summed E-state index contributed by atoms with van der Waals surface area (Å²) in [7, 11) is 0. The van der Waals surface area contributed by atoms with Crippen LogP contribution in [0.15, 0.2) is 72.4 Å². The average molecular weight is 997 g/mol. The number of thiazole rings is 1. The van der Waals surface area contributed by atoms with Gasteiger partial charge in [0.25, 0.3) is 0 Å². The third kappa shape index (κ3) is 9.35. The minimum Gasteiger partial charge on any atom is -0.507 e. The fraction of sp³-hybridized carbons (Fsp3) is 0.500. The molecular formula is C52H64N14O5S. The normalized spacial score (nSPS) is 22.3. The smallest absolute Gasteiger partial charge is 0.318 e. The maximum absolute atomic E-state index is 14.3. The number of piperazine rings is 2. The zero-order chi connectivity index (χ0) is 49.9. The highest BCUT2D eigenvalue weighted by Crippen LogP contribution is 2.50. The molecule has 6 aliphatic rings. The first-order valence-electron chi connectivity index (χ1n) is 25.2. The Labute approximate surface area is 423 Å². The summed E-state index contributed by atoms with van der Waals surface area (Å²) in [5.41, 5.74) is 6.51. The number of benzene rings is 2. The lowest BCUT2D eigenvalue weighted by molar-refractivity contribution is -0.142. The fourth-order valence-electron chi connectivity index (χ4n) is 11.6. The summed E-state index contributed by atoms with van der Waals surface area (Å²) in [6.45, 7) is 15.9. The summed E-state index contributed by atoms with van der Waals surface area (Å²) in [5, 5.41) is 39.5. The summed E-state index contributed by atoms with van der Waals surface area (Å²) in [5.74, 6) is 1.91. The molecule has 0 radical (unpaired) electrons. The van der Waals surface area contributed by atoms with Crippen molar-refractivity contribution in [1.82, 2.24) is 50.5 Å². The predicted molar refractivity (Wildman–Crippen MR) is 276 cm³/mol. The van der Waals surface area contributed by atoms with E-state index in [1.165, 1.54) is 4.90 Å². The van der Waals surface area contributed by atoms with Crippen molar-refractivity contribution in [1.29, 1.82) is 0 Å². The van der Waals surface area contributed by atoms with Crippen molar-refractivity contribution in [3.8, 4) is 27.4 Å². The van der Waals surface area contributed by atoms with Crippen LogP contribution in [0.4, 0.5) is 28.1 Å². The molecule has 378 valence electrons. The summed E-state index contributed by atoms with van der Waals surface area (Å²) in [6.07, 6.45) is 3.22. The van der Waals surface area contributed by atoms with Crippen molar-refractivity contribution in [2.45, 2.75) is 83.8 Å². The van der Waals surface area contributed by atoms with Crippen molar-refractivity contribution in [3.63, 3.8) is 0 Å². The number of hydrogen-bond acceptors (Lipinski definition) is 16. The van der Waals surface area contributed by atoms with Gasteiger partial charge in [-0.3, -0.25) is 14.5 Å². The van der Waals surface area contributed by atoms with E-state index in [1.807, 2.05) is 92.8 Å². The van der Waals surface area contributed by atoms with Gasteiger partial charge in [0.1, 0.15) is 23.7 Å². The van der Waals surface area contributed by atoms with E-state index in [2.05, 4.69) is 50.7 Å². The van der Waals surface area contributed by atoms with Gasteiger partial charge in [-0.25, -0.2) is 14.8 Å². The number of β-amino-alcohol motifs (C(OH)–C–C–N with tert-alkyl or cyclic N) is 1. The standard InChI is InChI=1S/C52H64N14O5S/c1-32-44(72-31-56-32)34-11-9-33(10-12-34)25-55-47(69)41-21-37(67)28-66(41)48(70)45(51(2,3)4)58-50(71)64-29-52(30-64)23-35(24-52)61-15-17-62(18-16-61)43-13-14-53-49(57-43)63-19-20-65-36(27-63)26-54-46-40(65)22-39(59-60-46)38-7-5-6-8-42(38)68/h5-14,22,31,35-37,41,45,67-68H,15-21,23-30H2,1-4H3,(H,54,60)(H,55,69)(H,58,71)/t36-,37+,41-,45+/m0/s1. The van der Waals surface area contributed by atoms with Crippen LogP contribution in [0, 0.1) is 17.8 Å². The van der Waals surface area contributed by atoms with Crippen molar-refractivity contribution in [2.75, 3.05) is 92.0 Å². The van der Waals surface area contributed by atoms with E-state index in [1.54, 1.807) is 23.5 Å². The number of aromatic hydroxyl groups is 1. The number of aliphatic hydroxyl groups excluding tert-OH is 1. The number of nitrogens with zero attached hydrogens (tertiary/aromatic N) is 11. The Balaban J connectivity index is 0.637. The van der Waals surface area contributed by atoms with Gasteiger partial charge in [-0.2, -0.15) is 4.98 Å². The number of urea groups is 1. The number of para-hydroxylation sites is 1. The number of anilines is 4. The van der Waals surface area contributed by atoms with Crippen molar-refractivity contribution in [2.24, 2.45) is 10.8 Å². The number of likely N-dealkylation sites (tertiary alicyclic amines) is 2. The number of carbonyl (C=O) groups excluding carboxylic acids is 3. The Morgan fingerprint density at radius 1 is 0.917 bits per heavy atom. The summed E-state index contributed by atoms with van der Waals surface area (Å²) >= 11 is 1.59. The van der Waals surface area contributed by atoms with E-state index in [0.717, 1.165) is 110 Å². The quantitative estimate of drug-likeness (QED) is 0.133. The molecule has 0 unspecified atom stereocenters. The number of rotatable bonds is 10. The maximum atomic E-state index is 14.3. The Hall–Kier alpha value is -6.64. The van der Waals surface area contributed by atoms with Gasteiger partial charge in [0, 0.05) is 108 Å². The Morgan fingerprint density at radius 3 is 2.42 bits per heavy atom. The molecule has 1 saturated carbocycles. The highest BCUT2D eigenvalue weighted by atomic mass is 32.1. The Bertz CT molecular complexity index is 2820. The van der Waals surface area contributed by atoms with Crippen LogP contribution in [-0.2, 0) is 16.1 Å². The number of aryl methyl sites for hydroxylation is 1. The van der Waals surface area contributed by atoms with E-state index in [0.29, 0.717) is 30.4 Å². The summed E-state index contributed by atoms with van der Waals surface area (Å²) in [6, 6.07) is 17.8. The monoisotopic (exact) mass is 996 g/mol. The molecule has 5 aromatic rings. The number of carbonyl (C=O) groups is 3. The highest BCUT2D eigenvalue weighted by molar-refractivity contribution is 7.13. The number of phenolic OH excluding ortho intramolecular Hbond substituents is 1. The third-order valence-corrected chi connectivity index (χ3v) is 16.6. The minimum atomic E-state index is -0.888. The first-order chi connectivity index (χ1) is 34.7. The Morgan fingerprint density at radius 2 is 1.68 bits per heavy atom. The largest absolute Gasteiger partial charge is 0.507 e. The van der Waals surface area contributed by atoms with Crippen LogP contribution in [0.2, 0.25) is 0 Å². The Kier molecular flexibility index (Phi) is 12.6. The molecule has 3 aromatic heterocycles. The number of aliphatic hydroxyl groups is 1. The van der Waals surface area contributed by atoms with Gasteiger partial charge in [0.2, 0.25) is 17.8 Å². The van der Waals surface area contributed by atoms with Crippen LogP contribution >= 0.6 is 11.3 Å². The zero-order valence-corrected chi connectivity index (χ0v) is 42.2. The van der Waals surface area contributed by atoms with E-state index in [-0.39, 0.29) is 54.6 Å². The molecule has 20 heteroatoms. The second-order valence-corrected chi connectivity index (χ2v) is 22.5. The molecule has 4 atom stereocenters. The van der Waals surface area contributed by atoms with E-state index >= 15 is 0 Å². The first kappa shape index (κ1) is 47.7. The zero-order valence-electron chi connectivity index (χ0n) is 41.4. The fourth-order valence-corrected chi connectivity index (χ4v) is 12.4. The van der Waals surface area contributed by atoms with Gasteiger partial charge in [-0.1, -0.05) is 57.2 Å². The molecule has 8 heterocycles. The SMILES string of the molecule is Cc1ncsc1-c1ccc(CNC(=O)[C@@H]2C[C@@H](O)CN2C(=O)[C@@H](NC(=O)N2CC3(CC(N4CCN(c5ccnc(N6CCN7c8cc(-c9ccccc9O)nnc8NC[C@H]7C6)n5)CC4)C3)C2)C(C)(C)C)cc1. The summed E-state index contributed by atoms with van der Waals surface area (Å²) < 4.78 is 0. The molecule has 4 saturated heterocycles. The maximum Gasteiger partial charge on any atom is 0.318 e. The number of aromatic nitrogens is 5. The third-order valence-electron chi connectivity index (χ3n) is 15.7. The number of amides is 4. The van der Waals surface area contributed by atoms with E-state index in [9.17, 15) is 24.6 Å². The van der Waals surface area contributed by atoms with E-state index < -0.39 is 23.6 Å². The van der Waals surface area contributed by atoms with Crippen LogP contribution in [0.25, 0.3) is 21.7 Å². The molecule has 11 rings (SSSR count). The van der Waals surface area contributed by atoms with Crippen molar-refractivity contribution >= 4 is 52.5 Å². The molecular weight excluding hydrogens is 933 g/mol. The van der Waals surface area contributed by atoms with Crippen molar-refractivity contribution in [3.05, 3.63) is 83.6 Å². The lowest BCUT2D eigenvalue weighted by atomic mass is 9.60. The molecule has 5 N–H and O–H groups in total. The van der Waals surface area contributed by atoms with Crippen LogP contribution in [-0.4, -0.2) is 170 Å². The second kappa shape index (κ2) is 19.1. The molecule has 0 bridgehead atoms. The van der Waals surface area contributed by atoms with Crippen LogP contribution in [0.5, 0.6) is 5.75 Å². The van der Waals surface area contributed by atoms with Gasteiger partial charge in [0.05, 0.1) is 39.6 Å². The lowest BCUT2D eigenvalue weighted by Gasteiger charge is -2.61. The van der Waals surface area contributed by atoms with Gasteiger partial charge in [0.15, 0.2) is 5.82 Å². The number of hydrogen-bond donors (Lipinski definition) is 5. The van der Waals surface area contributed by atoms with Crippen LogP contribution in [0.1, 0.15) is 51.3 Å². The molecule has 1 spiro atoms. The van der Waals surface area contributed by atoms with Crippen molar-refractivity contribution < 1.29 is 24.6 Å². The molecule has 5 aliphatic heterocycles. The molecule has 72 heavy (non-hydrogen) atoms. The van der Waals surface area contributed by atoms with Crippen LogP contribution in [0.3, 0.4) is 0 Å². The molecule has 19 nitrogen and oxygen atoms in total. The van der Waals surface area contributed by atoms with Gasteiger partial charge in [-0.05, 0) is 60.6 Å². The molecule has 1 aliphatic carbocycles. The van der Waals surface area contributed by atoms with Gasteiger partial charge in [-0.15, -0.1) is 21.5 Å². The minimum absolute atomic E-state index is 0.0274. The van der Waals surface area contributed by atoms with E-state index in [4.69, 9.17) is 9.97 Å².